The molecule has 2 rings (SSSR count). The van der Waals surface area contributed by atoms with E-state index in [4.69, 9.17) is 4.74 Å². The topological polar surface area (TPSA) is 72.5 Å². The lowest BCUT2D eigenvalue weighted by molar-refractivity contribution is -0.118. The van der Waals surface area contributed by atoms with Crippen molar-refractivity contribution in [3.8, 4) is 0 Å². The molecule has 0 saturated carbocycles. The van der Waals surface area contributed by atoms with E-state index in [1.807, 2.05) is 26.0 Å². The fraction of sp³-hybridized carbons (Fsp3) is 0.350. The van der Waals surface area contributed by atoms with Crippen LogP contribution in [0.25, 0.3) is 0 Å². The molecule has 1 N–H and O–H groups in total. The van der Waals surface area contributed by atoms with E-state index in [0.29, 0.717) is 24.1 Å². The number of benzene rings is 1. The van der Waals surface area contributed by atoms with E-state index in [1.165, 1.54) is 18.3 Å². The molecule has 1 aromatic carbocycles. The maximum Gasteiger partial charge on any atom is 0.339 e. The first-order valence-corrected chi connectivity index (χ1v) is 9.25. The van der Waals surface area contributed by atoms with Crippen LogP contribution in [-0.2, 0) is 16.0 Å². The van der Waals surface area contributed by atoms with Crippen molar-refractivity contribution in [1.82, 2.24) is 5.32 Å². The summed E-state index contributed by atoms with van der Waals surface area (Å²) < 4.78 is 5.34. The van der Waals surface area contributed by atoms with Crippen LogP contribution in [0, 0.1) is 13.8 Å². The summed E-state index contributed by atoms with van der Waals surface area (Å²) in [6.07, 6.45) is -0.164. The van der Waals surface area contributed by atoms with Crippen LogP contribution in [0.1, 0.15) is 49.9 Å². The summed E-state index contributed by atoms with van der Waals surface area (Å²) in [6.45, 7) is 7.40. The summed E-state index contributed by atoms with van der Waals surface area (Å²) in [5, 5.41) is 2.73. The number of nitrogens with one attached hydrogen (secondary N) is 1. The van der Waals surface area contributed by atoms with E-state index in [-0.39, 0.29) is 11.7 Å². The van der Waals surface area contributed by atoms with E-state index < -0.39 is 12.1 Å². The van der Waals surface area contributed by atoms with Crippen LogP contribution in [0.2, 0.25) is 0 Å². The first-order chi connectivity index (χ1) is 12.3. The van der Waals surface area contributed by atoms with Gasteiger partial charge in [-0.3, -0.25) is 9.59 Å². The zero-order chi connectivity index (χ0) is 19.3. The molecule has 0 saturated heterocycles. The van der Waals surface area contributed by atoms with Crippen molar-refractivity contribution in [3.63, 3.8) is 0 Å². The van der Waals surface area contributed by atoms with E-state index in [0.717, 1.165) is 15.3 Å². The molecule has 0 aliphatic rings. The highest BCUT2D eigenvalue weighted by Crippen LogP contribution is 2.22. The normalized spacial score (nSPS) is 11.7. The molecular weight excluding hydrogens is 350 g/mol. The predicted molar refractivity (Wildman–Crippen MR) is 102 cm³/mol. The zero-order valence-corrected chi connectivity index (χ0v) is 16.2. The Morgan fingerprint density at radius 1 is 1.15 bits per heavy atom. The van der Waals surface area contributed by atoms with E-state index in [2.05, 4.69) is 5.32 Å². The van der Waals surface area contributed by atoms with Gasteiger partial charge < -0.3 is 10.1 Å². The number of carbonyl (C=O) groups is 3. The van der Waals surface area contributed by atoms with E-state index in [9.17, 15) is 14.4 Å². The van der Waals surface area contributed by atoms with Gasteiger partial charge in [0, 0.05) is 28.8 Å². The second-order valence-corrected chi connectivity index (χ2v) is 7.63. The van der Waals surface area contributed by atoms with Gasteiger partial charge in [0.25, 0.3) is 0 Å². The minimum atomic E-state index is -0.854. The highest BCUT2D eigenvalue weighted by Gasteiger charge is 2.22. The summed E-state index contributed by atoms with van der Waals surface area (Å²) in [5.41, 5.74) is 2.02. The smallest absolute Gasteiger partial charge is 0.339 e. The third-order valence-corrected chi connectivity index (χ3v) is 4.91. The number of carbonyl (C=O) groups excluding carboxylic acids is 3. The Bertz CT molecular complexity index is 808. The Balaban J connectivity index is 1.96. The first-order valence-electron chi connectivity index (χ1n) is 8.43. The van der Waals surface area contributed by atoms with Gasteiger partial charge in [-0.25, -0.2) is 4.79 Å². The van der Waals surface area contributed by atoms with Gasteiger partial charge in [0.2, 0.25) is 11.7 Å². The maximum atomic E-state index is 12.5. The Kier molecular flexibility index (Phi) is 6.69. The van der Waals surface area contributed by atoms with Crippen molar-refractivity contribution < 1.29 is 19.1 Å². The van der Waals surface area contributed by atoms with Crippen molar-refractivity contribution in [1.29, 1.82) is 0 Å². The van der Waals surface area contributed by atoms with Crippen molar-refractivity contribution in [3.05, 3.63) is 56.8 Å². The Labute approximate surface area is 157 Å². The third kappa shape index (κ3) is 5.26. The van der Waals surface area contributed by atoms with Crippen molar-refractivity contribution in [2.24, 2.45) is 0 Å². The molecule has 0 bridgehead atoms. The third-order valence-electron chi connectivity index (χ3n) is 3.94. The summed E-state index contributed by atoms with van der Waals surface area (Å²) in [4.78, 5) is 37.5. The fourth-order valence-corrected chi connectivity index (χ4v) is 3.48. The maximum absolute atomic E-state index is 12.5. The number of rotatable bonds is 7. The number of hydrogen-bond acceptors (Lipinski definition) is 5. The van der Waals surface area contributed by atoms with Crippen LogP contribution in [0.5, 0.6) is 0 Å². The molecule has 1 amide bonds. The summed E-state index contributed by atoms with van der Waals surface area (Å²) in [5.74, 6) is -0.778. The van der Waals surface area contributed by atoms with Crippen LogP contribution >= 0.6 is 11.3 Å². The standard InChI is InChI=1S/C20H23NO4S/c1-12-11-18(14(3)26-12)20(24)25-13(2)19(23)17-7-5-16(6-8-17)9-10-21-15(4)22/h5-8,11,13H,9-10H2,1-4H3,(H,21,22)/t13-/m0/s1. The van der Waals surface area contributed by atoms with Crippen molar-refractivity contribution in [2.45, 2.75) is 40.2 Å². The van der Waals surface area contributed by atoms with Crippen molar-refractivity contribution in [2.75, 3.05) is 6.54 Å². The van der Waals surface area contributed by atoms with Gasteiger partial charge in [-0.15, -0.1) is 11.3 Å². The number of Topliss-reactive ketones (excluding diaryl/α,β-unsaturated/α-hetero) is 1. The molecule has 0 radical (unpaired) electrons. The molecule has 1 heterocycles. The molecule has 138 valence electrons. The van der Waals surface area contributed by atoms with Crippen LogP contribution in [0.4, 0.5) is 0 Å². The zero-order valence-electron chi connectivity index (χ0n) is 15.4. The summed E-state index contributed by atoms with van der Waals surface area (Å²) in [7, 11) is 0. The Morgan fingerprint density at radius 2 is 1.81 bits per heavy atom. The van der Waals surface area contributed by atoms with E-state index >= 15 is 0 Å². The number of ether oxygens (including phenoxy) is 1. The van der Waals surface area contributed by atoms with Crippen LogP contribution in [0.15, 0.2) is 30.3 Å². The molecular formula is C20H23NO4S. The van der Waals surface area contributed by atoms with Gasteiger partial charge >= 0.3 is 5.97 Å². The van der Waals surface area contributed by atoms with Gasteiger partial charge in [-0.1, -0.05) is 24.3 Å². The van der Waals surface area contributed by atoms with Crippen molar-refractivity contribution >= 4 is 29.0 Å². The highest BCUT2D eigenvalue weighted by atomic mass is 32.1. The summed E-state index contributed by atoms with van der Waals surface area (Å²) in [6, 6.07) is 8.90. The number of hydrogen-bond donors (Lipinski definition) is 1. The van der Waals surface area contributed by atoms with Gasteiger partial charge in [0.1, 0.15) is 0 Å². The lowest BCUT2D eigenvalue weighted by Crippen LogP contribution is -2.24. The SMILES string of the molecule is CC(=O)NCCc1ccc(C(=O)[C@H](C)OC(=O)c2cc(C)sc2C)cc1. The Hall–Kier alpha value is -2.47. The molecule has 0 spiro atoms. The lowest BCUT2D eigenvalue weighted by atomic mass is 10.0. The monoisotopic (exact) mass is 373 g/mol. The second kappa shape index (κ2) is 8.76. The molecule has 6 heteroatoms. The number of aryl methyl sites for hydroxylation is 2. The molecule has 0 unspecified atom stereocenters. The number of ketones is 1. The molecule has 0 aliphatic carbocycles. The number of esters is 1. The van der Waals surface area contributed by atoms with Crippen LogP contribution in [0.3, 0.4) is 0 Å². The van der Waals surface area contributed by atoms with E-state index in [1.54, 1.807) is 25.1 Å². The average molecular weight is 373 g/mol. The first kappa shape index (κ1) is 19.8. The minimum Gasteiger partial charge on any atom is -0.451 e. The minimum absolute atomic E-state index is 0.0662. The van der Waals surface area contributed by atoms with Gasteiger partial charge in [-0.05, 0) is 38.8 Å². The molecule has 0 aliphatic heterocycles. The number of thiophene rings is 1. The van der Waals surface area contributed by atoms with Crippen LogP contribution < -0.4 is 5.32 Å². The molecule has 1 atom stereocenters. The van der Waals surface area contributed by atoms with Crippen LogP contribution in [-0.4, -0.2) is 30.3 Å². The van der Waals surface area contributed by atoms with Gasteiger partial charge in [0.05, 0.1) is 5.56 Å². The largest absolute Gasteiger partial charge is 0.451 e. The quantitative estimate of drug-likeness (QED) is 0.596. The van der Waals surface area contributed by atoms with Gasteiger partial charge in [-0.2, -0.15) is 0 Å². The average Bonchev–Trinajstić information content (AvgIpc) is 2.93. The molecule has 0 fully saturated rings. The molecule has 2 aromatic rings. The fourth-order valence-electron chi connectivity index (χ4n) is 2.56. The molecule has 1 aromatic heterocycles. The highest BCUT2D eigenvalue weighted by molar-refractivity contribution is 7.12. The number of amides is 1. The predicted octanol–water partition coefficient (Wildman–Crippen LogP) is 3.47. The molecule has 26 heavy (non-hydrogen) atoms. The second-order valence-electron chi connectivity index (χ2n) is 6.17. The Morgan fingerprint density at radius 3 is 2.35 bits per heavy atom. The lowest BCUT2D eigenvalue weighted by Gasteiger charge is -2.12. The summed E-state index contributed by atoms with van der Waals surface area (Å²) >= 11 is 1.53. The van der Waals surface area contributed by atoms with Gasteiger partial charge in [0.15, 0.2) is 6.10 Å². The molecule has 5 nitrogen and oxygen atoms in total.